The van der Waals surface area contributed by atoms with Gasteiger partial charge in [-0.25, -0.2) is 0 Å². The van der Waals surface area contributed by atoms with Crippen molar-refractivity contribution >= 4 is 56.4 Å². The Morgan fingerprint density at radius 2 is 1.86 bits per heavy atom. The number of rotatable bonds is 3. The average molecular weight is 390 g/mol. The van der Waals surface area contributed by atoms with Gasteiger partial charge in [0, 0.05) is 10.0 Å². The molecule has 7 heteroatoms. The lowest BCUT2D eigenvalue weighted by molar-refractivity contribution is 0.102. The molecule has 0 aromatic heterocycles. The van der Waals surface area contributed by atoms with Crippen molar-refractivity contribution in [1.29, 1.82) is 0 Å². The standard InChI is InChI=1S/C14H11BrCl2N2O2/c1-21-13-9(16)4-7(5-10(13)17)14(20)19-12-3-2-8(15)6-11(12)18/h2-6H,18H2,1H3,(H,19,20). The number of ether oxygens (including phenoxy) is 1. The van der Waals surface area contributed by atoms with Gasteiger partial charge in [0.25, 0.3) is 5.91 Å². The van der Waals surface area contributed by atoms with Crippen molar-refractivity contribution in [2.75, 3.05) is 18.2 Å². The fraction of sp³-hybridized carbons (Fsp3) is 0.0714. The Balaban J connectivity index is 2.28. The van der Waals surface area contributed by atoms with Gasteiger partial charge in [-0.05, 0) is 30.3 Å². The average Bonchev–Trinajstić information content (AvgIpc) is 2.41. The van der Waals surface area contributed by atoms with E-state index in [-0.39, 0.29) is 16.0 Å². The van der Waals surface area contributed by atoms with Crippen molar-refractivity contribution in [3.05, 3.63) is 50.4 Å². The maximum Gasteiger partial charge on any atom is 0.255 e. The van der Waals surface area contributed by atoms with Gasteiger partial charge in [0.15, 0.2) is 5.75 Å². The van der Waals surface area contributed by atoms with E-state index in [0.717, 1.165) is 4.47 Å². The number of methoxy groups -OCH3 is 1. The van der Waals surface area contributed by atoms with Crippen LogP contribution in [0.5, 0.6) is 5.75 Å². The molecule has 0 aliphatic rings. The number of anilines is 2. The molecular formula is C14H11BrCl2N2O2. The van der Waals surface area contributed by atoms with E-state index in [1.165, 1.54) is 19.2 Å². The van der Waals surface area contributed by atoms with Crippen molar-refractivity contribution in [2.45, 2.75) is 0 Å². The highest BCUT2D eigenvalue weighted by molar-refractivity contribution is 9.10. The van der Waals surface area contributed by atoms with Crippen LogP contribution in [0.15, 0.2) is 34.8 Å². The molecule has 0 bridgehead atoms. The van der Waals surface area contributed by atoms with Gasteiger partial charge in [-0.15, -0.1) is 0 Å². The van der Waals surface area contributed by atoms with Gasteiger partial charge in [0.2, 0.25) is 0 Å². The molecule has 0 aliphatic carbocycles. The van der Waals surface area contributed by atoms with Gasteiger partial charge in [-0.2, -0.15) is 0 Å². The number of nitrogens with two attached hydrogens (primary N) is 1. The summed E-state index contributed by atoms with van der Waals surface area (Å²) in [5, 5.41) is 3.23. The van der Waals surface area contributed by atoms with Crippen LogP contribution in [0.1, 0.15) is 10.4 Å². The van der Waals surface area contributed by atoms with Crippen LogP contribution in [-0.2, 0) is 0 Å². The Kier molecular flexibility index (Phi) is 4.98. The van der Waals surface area contributed by atoms with E-state index in [9.17, 15) is 4.79 Å². The van der Waals surface area contributed by atoms with Crippen molar-refractivity contribution in [2.24, 2.45) is 0 Å². The molecule has 0 saturated heterocycles. The molecular weight excluding hydrogens is 379 g/mol. The molecule has 0 fully saturated rings. The fourth-order valence-electron chi connectivity index (χ4n) is 1.73. The Morgan fingerprint density at radius 1 is 1.24 bits per heavy atom. The third-order valence-electron chi connectivity index (χ3n) is 2.73. The lowest BCUT2D eigenvalue weighted by Crippen LogP contribution is -2.13. The third kappa shape index (κ3) is 3.61. The van der Waals surface area contributed by atoms with E-state index in [0.29, 0.717) is 22.7 Å². The number of carbonyl (C=O) groups excluding carboxylic acids is 1. The number of carbonyl (C=O) groups is 1. The van der Waals surface area contributed by atoms with Crippen LogP contribution in [-0.4, -0.2) is 13.0 Å². The maximum absolute atomic E-state index is 12.2. The molecule has 0 saturated carbocycles. The minimum Gasteiger partial charge on any atom is -0.494 e. The summed E-state index contributed by atoms with van der Waals surface area (Å²) in [6, 6.07) is 8.14. The zero-order valence-corrected chi connectivity index (χ0v) is 14.0. The molecule has 0 heterocycles. The summed E-state index contributed by atoms with van der Waals surface area (Å²) < 4.78 is 5.87. The molecule has 3 N–H and O–H groups in total. The van der Waals surface area contributed by atoms with Crippen LogP contribution < -0.4 is 15.8 Å². The lowest BCUT2D eigenvalue weighted by Gasteiger charge is -2.11. The van der Waals surface area contributed by atoms with E-state index >= 15 is 0 Å². The Bertz CT molecular complexity index is 684. The zero-order chi connectivity index (χ0) is 15.6. The smallest absolute Gasteiger partial charge is 0.255 e. The number of nitrogen functional groups attached to an aromatic ring is 1. The molecule has 21 heavy (non-hydrogen) atoms. The monoisotopic (exact) mass is 388 g/mol. The number of amides is 1. The van der Waals surface area contributed by atoms with Gasteiger partial charge in [0.05, 0.1) is 28.5 Å². The Labute approximate surface area is 140 Å². The molecule has 110 valence electrons. The molecule has 2 rings (SSSR count). The first-order valence-electron chi connectivity index (χ1n) is 5.81. The third-order valence-corrected chi connectivity index (χ3v) is 3.78. The second-order valence-corrected chi connectivity index (χ2v) is 5.89. The molecule has 4 nitrogen and oxygen atoms in total. The zero-order valence-electron chi connectivity index (χ0n) is 10.9. The molecule has 0 spiro atoms. The van der Waals surface area contributed by atoms with Gasteiger partial charge in [0.1, 0.15) is 0 Å². The molecule has 0 atom stereocenters. The second-order valence-electron chi connectivity index (χ2n) is 4.16. The minimum absolute atomic E-state index is 0.263. The number of benzene rings is 2. The highest BCUT2D eigenvalue weighted by Crippen LogP contribution is 2.34. The predicted octanol–water partition coefficient (Wildman–Crippen LogP) is 4.60. The quantitative estimate of drug-likeness (QED) is 0.754. The molecule has 2 aromatic carbocycles. The molecule has 0 unspecified atom stereocenters. The van der Waals surface area contributed by atoms with Crippen LogP contribution in [0.4, 0.5) is 11.4 Å². The minimum atomic E-state index is -0.365. The van der Waals surface area contributed by atoms with E-state index in [1.54, 1.807) is 18.2 Å². The normalized spacial score (nSPS) is 10.3. The van der Waals surface area contributed by atoms with Crippen LogP contribution in [0.25, 0.3) is 0 Å². The molecule has 0 aliphatic heterocycles. The van der Waals surface area contributed by atoms with Crippen LogP contribution in [0.3, 0.4) is 0 Å². The predicted molar refractivity (Wildman–Crippen MR) is 89.5 cm³/mol. The summed E-state index contributed by atoms with van der Waals surface area (Å²) in [4.78, 5) is 12.2. The van der Waals surface area contributed by atoms with Gasteiger partial charge >= 0.3 is 0 Å². The summed E-state index contributed by atoms with van der Waals surface area (Å²) in [7, 11) is 1.45. The first kappa shape index (κ1) is 15.9. The summed E-state index contributed by atoms with van der Waals surface area (Å²) in [5.41, 5.74) is 7.10. The highest BCUT2D eigenvalue weighted by atomic mass is 79.9. The second kappa shape index (κ2) is 6.56. The van der Waals surface area contributed by atoms with Crippen molar-refractivity contribution in [3.63, 3.8) is 0 Å². The van der Waals surface area contributed by atoms with E-state index in [1.807, 2.05) is 0 Å². The first-order chi connectivity index (χ1) is 9.92. The van der Waals surface area contributed by atoms with Crippen molar-refractivity contribution < 1.29 is 9.53 Å². The topological polar surface area (TPSA) is 64.3 Å². The fourth-order valence-corrected chi connectivity index (χ4v) is 2.75. The summed E-state index contributed by atoms with van der Waals surface area (Å²) in [6.07, 6.45) is 0. The first-order valence-corrected chi connectivity index (χ1v) is 7.36. The van der Waals surface area contributed by atoms with Crippen LogP contribution >= 0.6 is 39.1 Å². The van der Waals surface area contributed by atoms with E-state index in [2.05, 4.69) is 21.2 Å². The summed E-state index contributed by atoms with van der Waals surface area (Å²) >= 11 is 15.3. The number of hydrogen-bond donors (Lipinski definition) is 2. The van der Waals surface area contributed by atoms with Crippen LogP contribution in [0, 0.1) is 0 Å². The molecule has 2 aromatic rings. The summed E-state index contributed by atoms with van der Waals surface area (Å²) in [6.45, 7) is 0. The summed E-state index contributed by atoms with van der Waals surface area (Å²) in [5.74, 6) is -0.0338. The SMILES string of the molecule is COc1c(Cl)cc(C(=O)Nc2ccc(Br)cc2N)cc1Cl. The lowest BCUT2D eigenvalue weighted by atomic mass is 10.2. The van der Waals surface area contributed by atoms with Crippen molar-refractivity contribution in [3.8, 4) is 5.75 Å². The highest BCUT2D eigenvalue weighted by Gasteiger charge is 2.14. The number of nitrogens with one attached hydrogen (secondary N) is 1. The number of halogens is 3. The van der Waals surface area contributed by atoms with Gasteiger partial charge in [-0.1, -0.05) is 39.1 Å². The van der Waals surface area contributed by atoms with E-state index < -0.39 is 0 Å². The Morgan fingerprint density at radius 3 is 2.38 bits per heavy atom. The Hall–Kier alpha value is -1.43. The maximum atomic E-state index is 12.2. The molecule has 1 amide bonds. The number of hydrogen-bond acceptors (Lipinski definition) is 3. The van der Waals surface area contributed by atoms with Gasteiger partial charge in [-0.3, -0.25) is 4.79 Å². The van der Waals surface area contributed by atoms with E-state index in [4.69, 9.17) is 33.7 Å². The molecule has 0 radical (unpaired) electrons. The van der Waals surface area contributed by atoms with Crippen molar-refractivity contribution in [1.82, 2.24) is 0 Å². The largest absolute Gasteiger partial charge is 0.494 e. The van der Waals surface area contributed by atoms with Crippen LogP contribution in [0.2, 0.25) is 10.0 Å². The van der Waals surface area contributed by atoms with Gasteiger partial charge < -0.3 is 15.8 Å².